The summed E-state index contributed by atoms with van der Waals surface area (Å²) in [5.74, 6) is -0.415. The lowest BCUT2D eigenvalue weighted by atomic mass is 10.1. The summed E-state index contributed by atoms with van der Waals surface area (Å²) in [4.78, 5) is 28.5. The van der Waals surface area contributed by atoms with Crippen molar-refractivity contribution in [1.82, 2.24) is 19.6 Å². The molecular weight excluding hydrogens is 342 g/mol. The molecule has 0 spiro atoms. The van der Waals surface area contributed by atoms with Crippen LogP contribution in [0.5, 0.6) is 0 Å². The molecule has 0 unspecified atom stereocenters. The average Bonchev–Trinajstić information content (AvgIpc) is 2.97. The number of carbonyl (C=O) groups is 2. The Bertz CT molecular complexity index is 802. The van der Waals surface area contributed by atoms with Gasteiger partial charge in [-0.2, -0.15) is 5.10 Å². The Kier molecular flexibility index (Phi) is 5.91. The first-order valence-electron chi connectivity index (χ1n) is 9.30. The molecule has 1 aliphatic rings. The summed E-state index contributed by atoms with van der Waals surface area (Å²) in [5.41, 5.74) is 8.70. The second kappa shape index (κ2) is 8.35. The number of primary amides is 1. The third kappa shape index (κ3) is 4.74. The van der Waals surface area contributed by atoms with E-state index in [0.29, 0.717) is 19.6 Å². The molecule has 2 aromatic rings. The number of carbonyl (C=O) groups excluding carboxylic acids is 2. The highest BCUT2D eigenvalue weighted by atomic mass is 16.2. The predicted molar refractivity (Wildman–Crippen MR) is 103 cm³/mol. The van der Waals surface area contributed by atoms with Crippen molar-refractivity contribution in [3.63, 3.8) is 0 Å². The second-order valence-corrected chi connectivity index (χ2v) is 7.11. The van der Waals surface area contributed by atoms with Gasteiger partial charge in [0.15, 0.2) is 0 Å². The van der Waals surface area contributed by atoms with E-state index in [-0.39, 0.29) is 18.4 Å². The van der Waals surface area contributed by atoms with E-state index in [1.165, 1.54) is 5.56 Å². The van der Waals surface area contributed by atoms with Gasteiger partial charge < -0.3 is 10.6 Å². The van der Waals surface area contributed by atoms with Crippen molar-refractivity contribution in [2.24, 2.45) is 5.73 Å². The fourth-order valence-electron chi connectivity index (χ4n) is 3.57. The van der Waals surface area contributed by atoms with Crippen LogP contribution >= 0.6 is 0 Å². The number of hydrogen-bond acceptors (Lipinski definition) is 4. The van der Waals surface area contributed by atoms with Gasteiger partial charge in [0, 0.05) is 31.9 Å². The van der Waals surface area contributed by atoms with Crippen LogP contribution < -0.4 is 5.73 Å². The molecule has 0 aliphatic carbocycles. The van der Waals surface area contributed by atoms with Crippen molar-refractivity contribution in [2.45, 2.75) is 32.9 Å². The summed E-state index contributed by atoms with van der Waals surface area (Å²) >= 11 is 0. The molecule has 1 aromatic carbocycles. The molecule has 144 valence electrons. The highest BCUT2D eigenvalue weighted by Gasteiger charge is 2.32. The average molecular weight is 369 g/mol. The molecule has 1 fully saturated rings. The largest absolute Gasteiger partial charge is 0.368 e. The molecule has 7 nitrogen and oxygen atoms in total. The minimum Gasteiger partial charge on any atom is -0.368 e. The first kappa shape index (κ1) is 19.1. The van der Waals surface area contributed by atoms with Crippen LogP contribution in [0.2, 0.25) is 0 Å². The molecule has 3 rings (SSSR count). The highest BCUT2D eigenvalue weighted by molar-refractivity contribution is 5.82. The summed E-state index contributed by atoms with van der Waals surface area (Å²) in [6.45, 7) is 6.35. The summed E-state index contributed by atoms with van der Waals surface area (Å²) in [5, 5.41) is 4.34. The van der Waals surface area contributed by atoms with Gasteiger partial charge in [-0.15, -0.1) is 0 Å². The molecule has 0 radical (unpaired) electrons. The molecule has 1 aliphatic heterocycles. The van der Waals surface area contributed by atoms with Crippen molar-refractivity contribution in [1.29, 1.82) is 0 Å². The molecule has 1 saturated heterocycles. The van der Waals surface area contributed by atoms with Gasteiger partial charge in [-0.3, -0.25) is 19.2 Å². The van der Waals surface area contributed by atoms with Crippen molar-refractivity contribution in [3.05, 3.63) is 53.3 Å². The molecule has 2 amide bonds. The molecule has 2 heterocycles. The molecule has 0 saturated carbocycles. The monoisotopic (exact) mass is 369 g/mol. The van der Waals surface area contributed by atoms with Crippen LogP contribution in [0.1, 0.15) is 17.0 Å². The van der Waals surface area contributed by atoms with E-state index in [1.54, 1.807) is 9.58 Å². The lowest BCUT2D eigenvalue weighted by Crippen LogP contribution is -2.60. The summed E-state index contributed by atoms with van der Waals surface area (Å²) in [6, 6.07) is 11.7. The van der Waals surface area contributed by atoms with E-state index in [0.717, 1.165) is 24.4 Å². The van der Waals surface area contributed by atoms with Crippen molar-refractivity contribution >= 4 is 11.8 Å². The topological polar surface area (TPSA) is 84.5 Å². The van der Waals surface area contributed by atoms with E-state index >= 15 is 0 Å². The van der Waals surface area contributed by atoms with Gasteiger partial charge in [0.1, 0.15) is 12.6 Å². The van der Waals surface area contributed by atoms with Gasteiger partial charge >= 0.3 is 0 Å². The number of nitrogens with two attached hydrogens (primary N) is 1. The minimum atomic E-state index is -0.452. The summed E-state index contributed by atoms with van der Waals surface area (Å²) < 4.78 is 1.71. The SMILES string of the molecule is Cc1cc(C)n(CC(=O)N2CCN(CCc3ccccc3)[C@@H](C(N)=O)C2)n1. The number of benzene rings is 1. The Morgan fingerprint density at radius 3 is 2.56 bits per heavy atom. The molecule has 0 bridgehead atoms. The maximum absolute atomic E-state index is 12.7. The summed E-state index contributed by atoms with van der Waals surface area (Å²) in [7, 11) is 0. The number of aromatic nitrogens is 2. The van der Waals surface area contributed by atoms with Crippen LogP contribution in [0.25, 0.3) is 0 Å². The third-order valence-corrected chi connectivity index (χ3v) is 5.09. The van der Waals surface area contributed by atoms with Crippen LogP contribution in [0.15, 0.2) is 36.4 Å². The zero-order chi connectivity index (χ0) is 19.4. The van der Waals surface area contributed by atoms with E-state index in [4.69, 9.17) is 5.73 Å². The summed E-state index contributed by atoms with van der Waals surface area (Å²) in [6.07, 6.45) is 0.852. The van der Waals surface area contributed by atoms with Crippen molar-refractivity contribution in [3.8, 4) is 0 Å². The van der Waals surface area contributed by atoms with Gasteiger partial charge in [-0.1, -0.05) is 30.3 Å². The Labute approximate surface area is 159 Å². The minimum absolute atomic E-state index is 0.0323. The number of hydrogen-bond donors (Lipinski definition) is 1. The van der Waals surface area contributed by atoms with Crippen LogP contribution in [0.4, 0.5) is 0 Å². The van der Waals surface area contributed by atoms with Gasteiger partial charge in [0.2, 0.25) is 11.8 Å². The quantitative estimate of drug-likeness (QED) is 0.814. The fourth-order valence-corrected chi connectivity index (χ4v) is 3.57. The van der Waals surface area contributed by atoms with E-state index in [2.05, 4.69) is 22.1 Å². The van der Waals surface area contributed by atoms with Crippen LogP contribution in [-0.4, -0.2) is 63.6 Å². The molecule has 1 aromatic heterocycles. The normalized spacial score (nSPS) is 17.9. The van der Waals surface area contributed by atoms with Gasteiger partial charge in [-0.05, 0) is 31.9 Å². The van der Waals surface area contributed by atoms with Crippen molar-refractivity contribution < 1.29 is 9.59 Å². The standard InChI is InChI=1S/C20H27N5O2/c1-15-12-16(2)25(22-15)14-19(26)24-11-10-23(18(13-24)20(21)27)9-8-17-6-4-3-5-7-17/h3-7,12,18H,8-11,13-14H2,1-2H3,(H2,21,27)/t18-/m1/s1. The number of amides is 2. The van der Waals surface area contributed by atoms with E-state index in [9.17, 15) is 9.59 Å². The molecular formula is C20H27N5O2. The molecule has 27 heavy (non-hydrogen) atoms. The Morgan fingerprint density at radius 1 is 1.19 bits per heavy atom. The number of aryl methyl sites for hydroxylation is 2. The van der Waals surface area contributed by atoms with Crippen LogP contribution in [-0.2, 0) is 22.6 Å². The maximum Gasteiger partial charge on any atom is 0.244 e. The number of nitrogens with zero attached hydrogens (tertiary/aromatic N) is 4. The smallest absolute Gasteiger partial charge is 0.244 e. The van der Waals surface area contributed by atoms with E-state index in [1.807, 2.05) is 38.1 Å². The van der Waals surface area contributed by atoms with E-state index < -0.39 is 6.04 Å². The second-order valence-electron chi connectivity index (χ2n) is 7.11. The molecule has 2 N–H and O–H groups in total. The maximum atomic E-state index is 12.7. The Morgan fingerprint density at radius 2 is 1.93 bits per heavy atom. The molecule has 1 atom stereocenters. The zero-order valence-corrected chi connectivity index (χ0v) is 16.0. The Balaban J connectivity index is 1.60. The van der Waals surface area contributed by atoms with Crippen LogP contribution in [0, 0.1) is 13.8 Å². The third-order valence-electron chi connectivity index (χ3n) is 5.09. The molecule has 7 heteroatoms. The first-order chi connectivity index (χ1) is 12.9. The number of piperazine rings is 1. The predicted octanol–water partition coefficient (Wildman–Crippen LogP) is 0.741. The van der Waals surface area contributed by atoms with Gasteiger partial charge in [0.05, 0.1) is 5.69 Å². The van der Waals surface area contributed by atoms with Gasteiger partial charge in [0.25, 0.3) is 0 Å². The first-order valence-corrected chi connectivity index (χ1v) is 9.30. The van der Waals surface area contributed by atoms with Gasteiger partial charge in [-0.25, -0.2) is 0 Å². The lowest BCUT2D eigenvalue weighted by molar-refractivity contribution is -0.137. The Hall–Kier alpha value is -2.67. The zero-order valence-electron chi connectivity index (χ0n) is 16.0. The fraction of sp³-hybridized carbons (Fsp3) is 0.450. The number of rotatable bonds is 6. The highest BCUT2D eigenvalue weighted by Crippen LogP contribution is 2.13. The lowest BCUT2D eigenvalue weighted by Gasteiger charge is -2.40. The van der Waals surface area contributed by atoms with Crippen molar-refractivity contribution in [2.75, 3.05) is 26.2 Å². The van der Waals surface area contributed by atoms with Crippen LogP contribution in [0.3, 0.4) is 0 Å².